The smallest absolute Gasteiger partial charge is 0.338 e. The second-order valence-corrected chi connectivity index (χ2v) is 8.23. The molecule has 6 heteroatoms. The molecule has 0 radical (unpaired) electrons. The molecule has 2 amide bonds. The third-order valence-electron chi connectivity index (χ3n) is 5.91. The van der Waals surface area contributed by atoms with E-state index in [0.717, 1.165) is 42.8 Å². The first-order valence-electron chi connectivity index (χ1n) is 10.8. The lowest BCUT2D eigenvalue weighted by Crippen LogP contribution is -2.51. The molecule has 1 saturated heterocycles. The van der Waals surface area contributed by atoms with Crippen LogP contribution in [0.5, 0.6) is 0 Å². The molecule has 1 aromatic carbocycles. The molecule has 162 valence electrons. The lowest BCUT2D eigenvalue weighted by Gasteiger charge is -2.39. The maximum Gasteiger partial charge on any atom is 0.338 e. The van der Waals surface area contributed by atoms with Crippen LogP contribution in [0.1, 0.15) is 43.9 Å². The topological polar surface area (TPSA) is 61.9 Å². The van der Waals surface area contributed by atoms with E-state index >= 15 is 0 Å². The summed E-state index contributed by atoms with van der Waals surface area (Å²) in [6.07, 6.45) is 3.93. The van der Waals surface area contributed by atoms with Gasteiger partial charge in [0.1, 0.15) is 0 Å². The van der Waals surface area contributed by atoms with E-state index in [1.807, 2.05) is 31.2 Å². The second-order valence-electron chi connectivity index (χ2n) is 8.23. The van der Waals surface area contributed by atoms with Gasteiger partial charge in [0.15, 0.2) is 0 Å². The number of aryl methyl sites for hydroxylation is 1. The van der Waals surface area contributed by atoms with Crippen molar-refractivity contribution in [1.82, 2.24) is 15.1 Å². The van der Waals surface area contributed by atoms with E-state index in [-0.39, 0.29) is 18.6 Å². The lowest BCUT2D eigenvalue weighted by atomic mass is 9.93. The van der Waals surface area contributed by atoms with Crippen LogP contribution in [-0.4, -0.2) is 54.6 Å². The summed E-state index contributed by atoms with van der Waals surface area (Å²) >= 11 is 0. The summed E-state index contributed by atoms with van der Waals surface area (Å²) in [6, 6.07) is 7.16. The Labute approximate surface area is 179 Å². The number of hydrogen-bond donors (Lipinski definition) is 1. The van der Waals surface area contributed by atoms with Gasteiger partial charge in [-0.3, -0.25) is 9.80 Å². The van der Waals surface area contributed by atoms with E-state index in [2.05, 4.69) is 23.7 Å². The van der Waals surface area contributed by atoms with Gasteiger partial charge in [0.05, 0.1) is 18.2 Å². The standard InChI is InChI=1S/C24H33N3O3/c1-5-13-27-20(16-26-14-11-18(4)12-15-26)21(23(28)30-6-2)22(25-24(27)29)19-9-7-17(3)8-10-19/h5,7-10,18,22H,1,6,11-16H2,2-4H3,(H,25,29). The highest BCUT2D eigenvalue weighted by atomic mass is 16.5. The molecule has 1 aromatic rings. The molecule has 1 atom stereocenters. The molecule has 30 heavy (non-hydrogen) atoms. The number of esters is 1. The highest BCUT2D eigenvalue weighted by Gasteiger charge is 2.38. The predicted molar refractivity (Wildman–Crippen MR) is 118 cm³/mol. The van der Waals surface area contributed by atoms with Gasteiger partial charge < -0.3 is 10.1 Å². The molecule has 0 bridgehead atoms. The van der Waals surface area contributed by atoms with Gasteiger partial charge in [0.2, 0.25) is 0 Å². The molecule has 2 aliphatic rings. The minimum atomic E-state index is -0.531. The number of piperidine rings is 1. The fourth-order valence-electron chi connectivity index (χ4n) is 4.09. The van der Waals surface area contributed by atoms with Gasteiger partial charge in [-0.05, 0) is 51.3 Å². The number of carbonyl (C=O) groups is 2. The largest absolute Gasteiger partial charge is 0.463 e. The minimum Gasteiger partial charge on any atom is -0.463 e. The van der Waals surface area contributed by atoms with Crippen molar-refractivity contribution in [3.8, 4) is 0 Å². The van der Waals surface area contributed by atoms with E-state index in [4.69, 9.17) is 4.74 Å². The minimum absolute atomic E-state index is 0.214. The van der Waals surface area contributed by atoms with E-state index in [1.165, 1.54) is 0 Å². The van der Waals surface area contributed by atoms with Crippen molar-refractivity contribution in [2.24, 2.45) is 5.92 Å². The Hall–Kier alpha value is -2.60. The first-order valence-corrected chi connectivity index (χ1v) is 10.8. The molecule has 2 aliphatic heterocycles. The fraction of sp³-hybridized carbons (Fsp3) is 0.500. The monoisotopic (exact) mass is 411 g/mol. The van der Waals surface area contributed by atoms with Crippen molar-refractivity contribution < 1.29 is 14.3 Å². The number of rotatable bonds is 7. The number of likely N-dealkylation sites (tertiary alicyclic amines) is 1. The van der Waals surface area contributed by atoms with Crippen molar-refractivity contribution in [2.45, 2.75) is 39.7 Å². The van der Waals surface area contributed by atoms with Crippen molar-refractivity contribution in [3.05, 3.63) is 59.3 Å². The maximum absolute atomic E-state index is 13.1. The van der Waals surface area contributed by atoms with E-state index in [1.54, 1.807) is 17.9 Å². The van der Waals surface area contributed by atoms with Gasteiger partial charge in [-0.25, -0.2) is 9.59 Å². The fourth-order valence-corrected chi connectivity index (χ4v) is 4.09. The van der Waals surface area contributed by atoms with Crippen LogP contribution in [0.15, 0.2) is 48.2 Å². The molecule has 2 heterocycles. The predicted octanol–water partition coefficient (Wildman–Crippen LogP) is 3.80. The zero-order valence-electron chi connectivity index (χ0n) is 18.3. The summed E-state index contributed by atoms with van der Waals surface area (Å²) in [5.74, 6) is 0.330. The van der Waals surface area contributed by atoms with Crippen LogP contribution < -0.4 is 5.32 Å². The van der Waals surface area contributed by atoms with Crippen LogP contribution in [0, 0.1) is 12.8 Å². The summed E-state index contributed by atoms with van der Waals surface area (Å²) < 4.78 is 5.44. The van der Waals surface area contributed by atoms with Gasteiger partial charge in [0, 0.05) is 18.8 Å². The highest BCUT2D eigenvalue weighted by Crippen LogP contribution is 2.33. The van der Waals surface area contributed by atoms with Crippen LogP contribution in [0.25, 0.3) is 0 Å². The summed E-state index contributed by atoms with van der Waals surface area (Å²) in [7, 11) is 0. The Morgan fingerprint density at radius 2 is 1.93 bits per heavy atom. The Bertz CT molecular complexity index is 807. The number of nitrogens with zero attached hydrogens (tertiary/aromatic N) is 2. The number of benzene rings is 1. The number of carbonyl (C=O) groups excluding carboxylic acids is 2. The molecular weight excluding hydrogens is 378 g/mol. The number of nitrogens with one attached hydrogen (secondary N) is 1. The summed E-state index contributed by atoms with van der Waals surface area (Å²) in [5.41, 5.74) is 3.23. The summed E-state index contributed by atoms with van der Waals surface area (Å²) in [5, 5.41) is 3.01. The molecule has 6 nitrogen and oxygen atoms in total. The molecule has 1 unspecified atom stereocenters. The molecule has 1 fully saturated rings. The average molecular weight is 412 g/mol. The van der Waals surface area contributed by atoms with Crippen molar-refractivity contribution in [2.75, 3.05) is 32.8 Å². The van der Waals surface area contributed by atoms with Crippen molar-refractivity contribution in [3.63, 3.8) is 0 Å². The molecular formula is C24H33N3O3. The Morgan fingerprint density at radius 3 is 2.53 bits per heavy atom. The van der Waals surface area contributed by atoms with Gasteiger partial charge in [0.25, 0.3) is 0 Å². The first kappa shape index (κ1) is 22.1. The number of amides is 2. The Balaban J connectivity index is 2.06. The van der Waals surface area contributed by atoms with Crippen LogP contribution in [0.3, 0.4) is 0 Å². The molecule has 0 saturated carbocycles. The van der Waals surface area contributed by atoms with Gasteiger partial charge >= 0.3 is 12.0 Å². The van der Waals surface area contributed by atoms with E-state index < -0.39 is 6.04 Å². The van der Waals surface area contributed by atoms with Crippen LogP contribution in [0.2, 0.25) is 0 Å². The first-order chi connectivity index (χ1) is 14.4. The quantitative estimate of drug-likeness (QED) is 0.548. The Morgan fingerprint density at radius 1 is 1.27 bits per heavy atom. The third-order valence-corrected chi connectivity index (χ3v) is 5.91. The van der Waals surface area contributed by atoms with Gasteiger partial charge in [-0.1, -0.05) is 42.8 Å². The zero-order chi connectivity index (χ0) is 21.7. The average Bonchev–Trinajstić information content (AvgIpc) is 2.72. The van der Waals surface area contributed by atoms with Crippen LogP contribution >= 0.6 is 0 Å². The van der Waals surface area contributed by atoms with Crippen LogP contribution in [-0.2, 0) is 9.53 Å². The lowest BCUT2D eigenvalue weighted by molar-refractivity contribution is -0.139. The molecule has 0 aromatic heterocycles. The zero-order valence-corrected chi connectivity index (χ0v) is 18.3. The molecule has 3 rings (SSSR count). The van der Waals surface area contributed by atoms with Gasteiger partial charge in [-0.15, -0.1) is 6.58 Å². The SMILES string of the molecule is C=CCN1C(=O)NC(c2ccc(C)cc2)C(C(=O)OCC)=C1CN1CCC(C)CC1. The van der Waals surface area contributed by atoms with Crippen LogP contribution in [0.4, 0.5) is 4.79 Å². The molecule has 0 spiro atoms. The molecule has 1 N–H and O–H groups in total. The number of urea groups is 1. The second kappa shape index (κ2) is 9.94. The number of ether oxygens (including phenoxy) is 1. The highest BCUT2D eigenvalue weighted by molar-refractivity contribution is 5.95. The van der Waals surface area contributed by atoms with Crippen molar-refractivity contribution in [1.29, 1.82) is 0 Å². The molecule has 0 aliphatic carbocycles. The normalized spacial score (nSPS) is 20.8. The van der Waals surface area contributed by atoms with Crippen molar-refractivity contribution >= 4 is 12.0 Å². The van der Waals surface area contributed by atoms with Gasteiger partial charge in [-0.2, -0.15) is 0 Å². The maximum atomic E-state index is 13.1. The third kappa shape index (κ3) is 4.93. The summed E-state index contributed by atoms with van der Waals surface area (Å²) in [6.45, 7) is 13.0. The van der Waals surface area contributed by atoms with E-state index in [0.29, 0.717) is 24.6 Å². The Kier molecular flexibility index (Phi) is 7.32. The van der Waals surface area contributed by atoms with E-state index in [9.17, 15) is 9.59 Å². The number of hydrogen-bond acceptors (Lipinski definition) is 4. The summed E-state index contributed by atoms with van der Waals surface area (Å²) in [4.78, 5) is 30.1.